The summed E-state index contributed by atoms with van der Waals surface area (Å²) in [4.78, 5) is 4.68. The van der Waals surface area contributed by atoms with Crippen molar-refractivity contribution in [1.82, 2.24) is 24.9 Å². The van der Waals surface area contributed by atoms with Crippen LogP contribution in [-0.4, -0.2) is 57.4 Å². The molecule has 1 aliphatic rings. The summed E-state index contributed by atoms with van der Waals surface area (Å²) < 4.78 is 1.93. The molecule has 1 saturated heterocycles. The molecule has 0 unspecified atom stereocenters. The van der Waals surface area contributed by atoms with E-state index in [4.69, 9.17) is 12.2 Å². The van der Waals surface area contributed by atoms with Crippen LogP contribution in [0.4, 0.5) is 0 Å². The molecule has 0 amide bonds. The quantitative estimate of drug-likeness (QED) is 0.659. The van der Waals surface area contributed by atoms with Crippen molar-refractivity contribution in [2.75, 3.05) is 32.7 Å². The highest BCUT2D eigenvalue weighted by Gasteiger charge is 2.19. The van der Waals surface area contributed by atoms with Gasteiger partial charge in [-0.25, -0.2) is 0 Å². The Morgan fingerprint density at radius 1 is 1.45 bits per heavy atom. The van der Waals surface area contributed by atoms with Gasteiger partial charge >= 0.3 is 0 Å². The van der Waals surface area contributed by atoms with Gasteiger partial charge in [-0.2, -0.15) is 5.10 Å². The second-order valence-electron chi connectivity index (χ2n) is 5.12. The van der Waals surface area contributed by atoms with Crippen LogP contribution >= 0.6 is 12.2 Å². The van der Waals surface area contributed by atoms with Crippen LogP contribution in [-0.2, 0) is 13.6 Å². The lowest BCUT2D eigenvalue weighted by Gasteiger charge is -2.36. The zero-order valence-corrected chi connectivity index (χ0v) is 13.1. The van der Waals surface area contributed by atoms with Crippen molar-refractivity contribution < 1.29 is 0 Å². The molecule has 0 atom stereocenters. The average Bonchev–Trinajstić information content (AvgIpc) is 2.77. The molecule has 2 rings (SSSR count). The Hall–Kier alpha value is -1.40. The lowest BCUT2D eigenvalue weighted by atomic mass is 10.2. The summed E-state index contributed by atoms with van der Waals surface area (Å²) in [6.07, 6.45) is 3.80. The number of aromatic nitrogens is 2. The number of nitrogens with one attached hydrogen (secondary N) is 1. The summed E-state index contributed by atoms with van der Waals surface area (Å²) in [5.41, 5.74) is 2.56. The number of nitrogens with zero attached hydrogens (tertiary/aromatic N) is 4. The maximum absolute atomic E-state index is 5.37. The van der Waals surface area contributed by atoms with E-state index in [-0.39, 0.29) is 0 Å². The van der Waals surface area contributed by atoms with Gasteiger partial charge in [-0.05, 0) is 19.1 Å². The second-order valence-corrected chi connectivity index (χ2v) is 5.50. The van der Waals surface area contributed by atoms with E-state index in [9.17, 15) is 0 Å². The molecule has 0 bridgehead atoms. The van der Waals surface area contributed by atoms with Crippen molar-refractivity contribution in [1.29, 1.82) is 0 Å². The summed E-state index contributed by atoms with van der Waals surface area (Å²) >= 11 is 5.37. The Labute approximate surface area is 126 Å². The Balaban J connectivity index is 1.81. The van der Waals surface area contributed by atoms with Crippen molar-refractivity contribution in [3.8, 4) is 0 Å². The lowest BCUT2D eigenvalue weighted by molar-refractivity contribution is 0.174. The molecule has 0 spiro atoms. The highest BCUT2D eigenvalue weighted by molar-refractivity contribution is 7.80. The molecule has 6 heteroatoms. The Morgan fingerprint density at radius 2 is 2.15 bits per heavy atom. The van der Waals surface area contributed by atoms with Gasteiger partial charge in [-0.1, -0.05) is 6.08 Å². The van der Waals surface area contributed by atoms with E-state index in [1.54, 1.807) is 0 Å². The van der Waals surface area contributed by atoms with Gasteiger partial charge in [0.1, 0.15) is 0 Å². The first-order chi connectivity index (χ1) is 9.61. The summed E-state index contributed by atoms with van der Waals surface area (Å²) in [7, 11) is 1.99. The van der Waals surface area contributed by atoms with Crippen molar-refractivity contribution in [3.63, 3.8) is 0 Å². The van der Waals surface area contributed by atoms with Gasteiger partial charge in [-0.3, -0.25) is 9.58 Å². The van der Waals surface area contributed by atoms with E-state index >= 15 is 0 Å². The molecule has 2 heterocycles. The van der Waals surface area contributed by atoms with E-state index < -0.39 is 0 Å². The molecule has 1 aromatic rings. The van der Waals surface area contributed by atoms with Crippen LogP contribution in [0.25, 0.3) is 0 Å². The molecule has 1 aliphatic heterocycles. The molecule has 1 N–H and O–H groups in total. The van der Waals surface area contributed by atoms with Crippen LogP contribution in [0, 0.1) is 6.92 Å². The summed E-state index contributed by atoms with van der Waals surface area (Å²) in [6, 6.07) is 0. The first-order valence-corrected chi connectivity index (χ1v) is 7.36. The molecule has 1 fully saturated rings. The SMILES string of the molecule is C=CCNC(=S)N1CCN(Cc2cnn(C)c2C)CC1. The molecule has 20 heavy (non-hydrogen) atoms. The average molecular weight is 293 g/mol. The van der Waals surface area contributed by atoms with Crippen LogP contribution in [0.1, 0.15) is 11.3 Å². The molecular formula is C14H23N5S. The largest absolute Gasteiger partial charge is 0.359 e. The van der Waals surface area contributed by atoms with Gasteiger partial charge < -0.3 is 10.2 Å². The van der Waals surface area contributed by atoms with Crippen LogP contribution in [0.3, 0.4) is 0 Å². The third-order valence-corrected chi connectivity index (χ3v) is 4.19. The van der Waals surface area contributed by atoms with Gasteiger partial charge in [0.15, 0.2) is 5.11 Å². The predicted molar refractivity (Wildman–Crippen MR) is 85.6 cm³/mol. The Morgan fingerprint density at radius 3 is 2.70 bits per heavy atom. The topological polar surface area (TPSA) is 36.3 Å². The smallest absolute Gasteiger partial charge is 0.169 e. The first-order valence-electron chi connectivity index (χ1n) is 6.95. The van der Waals surface area contributed by atoms with Crippen LogP contribution in [0.2, 0.25) is 0 Å². The number of piperazine rings is 1. The molecule has 0 saturated carbocycles. The number of thiocarbonyl (C=S) groups is 1. The Kier molecular flexibility index (Phi) is 5.14. The number of hydrogen-bond acceptors (Lipinski definition) is 3. The highest BCUT2D eigenvalue weighted by atomic mass is 32.1. The maximum Gasteiger partial charge on any atom is 0.169 e. The van der Waals surface area contributed by atoms with Crippen molar-refractivity contribution >= 4 is 17.3 Å². The van der Waals surface area contributed by atoms with Crippen molar-refractivity contribution in [3.05, 3.63) is 30.1 Å². The van der Waals surface area contributed by atoms with Gasteiger partial charge in [0.25, 0.3) is 0 Å². The number of hydrogen-bond donors (Lipinski definition) is 1. The van der Waals surface area contributed by atoms with E-state index in [2.05, 4.69) is 33.7 Å². The molecule has 1 aromatic heterocycles. The van der Waals surface area contributed by atoms with Gasteiger partial charge in [0.2, 0.25) is 0 Å². The molecule has 0 radical (unpaired) electrons. The molecule has 0 aliphatic carbocycles. The van der Waals surface area contributed by atoms with E-state index in [1.165, 1.54) is 11.3 Å². The van der Waals surface area contributed by atoms with Crippen LogP contribution in [0.15, 0.2) is 18.9 Å². The normalized spacial score (nSPS) is 16.2. The van der Waals surface area contributed by atoms with Crippen molar-refractivity contribution in [2.24, 2.45) is 7.05 Å². The monoisotopic (exact) mass is 293 g/mol. The fourth-order valence-corrected chi connectivity index (χ4v) is 2.59. The summed E-state index contributed by atoms with van der Waals surface area (Å²) in [5, 5.41) is 8.32. The summed E-state index contributed by atoms with van der Waals surface area (Å²) in [5.74, 6) is 0. The predicted octanol–water partition coefficient (Wildman–Crippen LogP) is 0.907. The minimum atomic E-state index is 0.730. The highest BCUT2D eigenvalue weighted by Crippen LogP contribution is 2.11. The molecule has 0 aromatic carbocycles. The van der Waals surface area contributed by atoms with E-state index in [0.717, 1.165) is 44.4 Å². The number of aryl methyl sites for hydroxylation is 1. The third-order valence-electron chi connectivity index (χ3n) is 3.79. The zero-order chi connectivity index (χ0) is 14.5. The van der Waals surface area contributed by atoms with Crippen LogP contribution < -0.4 is 5.32 Å². The molecule has 110 valence electrons. The van der Waals surface area contributed by atoms with E-state index in [0.29, 0.717) is 0 Å². The van der Waals surface area contributed by atoms with Crippen LogP contribution in [0.5, 0.6) is 0 Å². The van der Waals surface area contributed by atoms with Gasteiger partial charge in [0.05, 0.1) is 6.20 Å². The zero-order valence-electron chi connectivity index (χ0n) is 12.3. The minimum Gasteiger partial charge on any atom is -0.359 e. The standard InChI is InChI=1S/C14H23N5S/c1-4-5-15-14(20)19-8-6-18(7-9-19)11-13-10-16-17(3)12(13)2/h4,10H,1,5-9,11H2,2-3H3,(H,15,20). The molecule has 5 nitrogen and oxygen atoms in total. The third kappa shape index (κ3) is 3.58. The lowest BCUT2D eigenvalue weighted by Crippen LogP contribution is -2.51. The number of rotatable bonds is 4. The maximum atomic E-state index is 5.37. The minimum absolute atomic E-state index is 0.730. The fraction of sp³-hybridized carbons (Fsp3) is 0.571. The van der Waals surface area contributed by atoms with E-state index in [1.807, 2.05) is 24.0 Å². The Bertz CT molecular complexity index is 474. The fourth-order valence-electron chi connectivity index (χ4n) is 2.32. The second kappa shape index (κ2) is 6.85. The first kappa shape index (κ1) is 15.0. The molecular weight excluding hydrogens is 270 g/mol. The van der Waals surface area contributed by atoms with Gasteiger partial charge in [-0.15, -0.1) is 6.58 Å². The van der Waals surface area contributed by atoms with Gasteiger partial charge in [0, 0.05) is 57.6 Å². The van der Waals surface area contributed by atoms with Crippen molar-refractivity contribution in [2.45, 2.75) is 13.5 Å². The summed E-state index contributed by atoms with van der Waals surface area (Å²) in [6.45, 7) is 11.5.